The Kier molecular flexibility index (Phi) is 2.75. The quantitative estimate of drug-likeness (QED) is 0.388. The molecule has 0 saturated carbocycles. The summed E-state index contributed by atoms with van der Waals surface area (Å²) in [5, 5.41) is 9.97. The number of hydrogen-bond donors (Lipinski definition) is 0. The van der Waals surface area contributed by atoms with E-state index in [0.29, 0.717) is 0 Å². The summed E-state index contributed by atoms with van der Waals surface area (Å²) in [6, 6.07) is 0. The Morgan fingerprint density at radius 2 is 2.38 bits per heavy atom. The molecule has 0 aromatic carbocycles. The molecule has 0 radical (unpaired) electrons. The van der Waals surface area contributed by atoms with Crippen LogP contribution in [0.2, 0.25) is 0 Å². The number of nitro groups is 1. The van der Waals surface area contributed by atoms with Gasteiger partial charge in [0.2, 0.25) is 6.54 Å². The predicted octanol–water partition coefficient (Wildman–Crippen LogP) is 2.17. The van der Waals surface area contributed by atoms with Crippen LogP contribution in [0.25, 0.3) is 0 Å². The highest BCUT2D eigenvalue weighted by Crippen LogP contribution is 2.27. The Balaban J connectivity index is 2.59. The number of halogens is 2. The van der Waals surface area contributed by atoms with Crippen molar-refractivity contribution in [1.82, 2.24) is 0 Å². The summed E-state index contributed by atoms with van der Waals surface area (Å²) in [5.74, 6) is -0.576. The molecule has 1 rings (SSSR count). The van der Waals surface area contributed by atoms with E-state index in [1.54, 1.807) is 0 Å². The molecular formula is C8H9F2NO2. The lowest BCUT2D eigenvalue weighted by Gasteiger charge is -2.18. The van der Waals surface area contributed by atoms with Crippen LogP contribution in [-0.2, 0) is 0 Å². The molecule has 0 bridgehead atoms. The molecule has 0 heterocycles. The van der Waals surface area contributed by atoms with Crippen LogP contribution < -0.4 is 0 Å². The first-order valence-electron chi connectivity index (χ1n) is 3.87. The molecule has 0 saturated heterocycles. The first-order valence-corrected chi connectivity index (χ1v) is 3.87. The van der Waals surface area contributed by atoms with Crippen molar-refractivity contribution in [2.45, 2.75) is 18.5 Å². The lowest BCUT2D eigenvalue weighted by atomic mass is 9.96. The van der Waals surface area contributed by atoms with Gasteiger partial charge in [-0.1, -0.05) is 6.08 Å². The van der Waals surface area contributed by atoms with Gasteiger partial charge in [0.1, 0.15) is 5.83 Å². The molecule has 0 N–H and O–H groups in total. The normalized spacial score (nSPS) is 27.1. The first-order chi connectivity index (χ1) is 6.02. The Bertz CT molecular complexity index is 275. The summed E-state index contributed by atoms with van der Waals surface area (Å²) in [6.07, 6.45) is 3.07. The number of hydrogen-bond acceptors (Lipinski definition) is 2. The average Bonchev–Trinajstić information content (AvgIpc) is 2.01. The van der Waals surface area contributed by atoms with Gasteiger partial charge in [0.05, 0.1) is 6.42 Å². The Labute approximate surface area is 73.9 Å². The zero-order chi connectivity index (χ0) is 9.90. The molecule has 0 amide bonds. The van der Waals surface area contributed by atoms with E-state index in [1.165, 1.54) is 12.2 Å². The maximum absolute atomic E-state index is 13.5. The second-order valence-electron chi connectivity index (χ2n) is 2.93. The van der Waals surface area contributed by atoms with E-state index in [1.807, 2.05) is 0 Å². The highest BCUT2D eigenvalue weighted by atomic mass is 19.1. The van der Waals surface area contributed by atoms with Crippen LogP contribution >= 0.6 is 0 Å². The van der Waals surface area contributed by atoms with Gasteiger partial charge in [-0.25, -0.2) is 8.78 Å². The zero-order valence-corrected chi connectivity index (χ0v) is 6.87. The van der Waals surface area contributed by atoms with Crippen LogP contribution in [0.3, 0.4) is 0 Å². The lowest BCUT2D eigenvalue weighted by molar-refractivity contribution is -0.482. The van der Waals surface area contributed by atoms with Gasteiger partial charge in [-0.2, -0.15) is 0 Å². The first kappa shape index (κ1) is 9.83. The molecule has 5 heteroatoms. The molecule has 1 atom stereocenters. The average molecular weight is 189 g/mol. The molecular weight excluding hydrogens is 180 g/mol. The van der Waals surface area contributed by atoms with Crippen LogP contribution in [0.4, 0.5) is 8.78 Å². The van der Waals surface area contributed by atoms with E-state index >= 15 is 0 Å². The van der Waals surface area contributed by atoms with E-state index in [4.69, 9.17) is 0 Å². The summed E-state index contributed by atoms with van der Waals surface area (Å²) in [6.45, 7) is -0.495. The molecule has 0 aliphatic heterocycles. The monoisotopic (exact) mass is 189 g/mol. The Morgan fingerprint density at radius 1 is 1.69 bits per heavy atom. The van der Waals surface area contributed by atoms with Gasteiger partial charge in [0.15, 0.2) is 5.67 Å². The van der Waals surface area contributed by atoms with Crippen LogP contribution in [-0.4, -0.2) is 17.1 Å². The van der Waals surface area contributed by atoms with Gasteiger partial charge < -0.3 is 0 Å². The van der Waals surface area contributed by atoms with Crippen molar-refractivity contribution < 1.29 is 13.7 Å². The summed E-state index contributed by atoms with van der Waals surface area (Å²) in [4.78, 5) is 9.35. The van der Waals surface area contributed by atoms with Crippen molar-refractivity contribution in [3.63, 3.8) is 0 Å². The van der Waals surface area contributed by atoms with E-state index in [-0.39, 0.29) is 12.8 Å². The standard InChI is InChI=1S/C8H9F2NO2/c9-7-2-1-3-8(10,6-7)4-5-11(12)13/h1,3,6H,2,4-5H2. The second-order valence-corrected chi connectivity index (χ2v) is 2.93. The number of rotatable bonds is 3. The molecule has 1 aliphatic carbocycles. The van der Waals surface area contributed by atoms with Crippen LogP contribution in [0.1, 0.15) is 12.8 Å². The van der Waals surface area contributed by atoms with Crippen molar-refractivity contribution in [3.8, 4) is 0 Å². The maximum Gasteiger partial charge on any atom is 0.207 e. The highest BCUT2D eigenvalue weighted by molar-refractivity contribution is 5.22. The molecule has 1 aliphatic rings. The molecule has 0 aromatic rings. The molecule has 1 unspecified atom stereocenters. The minimum absolute atomic E-state index is 0.0735. The van der Waals surface area contributed by atoms with Crippen molar-refractivity contribution >= 4 is 0 Å². The smallest absolute Gasteiger partial charge is 0.207 e. The number of nitrogens with zero attached hydrogens (tertiary/aromatic N) is 1. The maximum atomic E-state index is 13.5. The predicted molar refractivity (Wildman–Crippen MR) is 43.3 cm³/mol. The van der Waals surface area contributed by atoms with Gasteiger partial charge in [0.25, 0.3) is 0 Å². The van der Waals surface area contributed by atoms with E-state index in [2.05, 4.69) is 0 Å². The summed E-state index contributed by atoms with van der Waals surface area (Å²) >= 11 is 0. The lowest BCUT2D eigenvalue weighted by Crippen LogP contribution is -2.23. The largest absolute Gasteiger partial charge is 0.265 e. The van der Waals surface area contributed by atoms with Gasteiger partial charge >= 0.3 is 0 Å². The summed E-state index contributed by atoms with van der Waals surface area (Å²) in [7, 11) is 0. The highest BCUT2D eigenvalue weighted by Gasteiger charge is 2.28. The van der Waals surface area contributed by atoms with Crippen LogP contribution in [0.15, 0.2) is 24.1 Å². The van der Waals surface area contributed by atoms with Crippen LogP contribution in [0.5, 0.6) is 0 Å². The molecule has 0 aromatic heterocycles. The molecule has 3 nitrogen and oxygen atoms in total. The fraction of sp³-hybridized carbons (Fsp3) is 0.500. The van der Waals surface area contributed by atoms with Gasteiger partial charge in [-0.3, -0.25) is 10.1 Å². The van der Waals surface area contributed by atoms with Crippen molar-refractivity contribution in [2.75, 3.05) is 6.54 Å². The SMILES string of the molecule is O=[N+]([O-])CCC1(F)C=CCC(F)=C1. The third-order valence-corrected chi connectivity index (χ3v) is 1.78. The summed E-state index contributed by atoms with van der Waals surface area (Å²) in [5.41, 5.74) is -1.98. The van der Waals surface area contributed by atoms with Crippen molar-refractivity contribution in [2.24, 2.45) is 0 Å². The van der Waals surface area contributed by atoms with Gasteiger partial charge in [0, 0.05) is 11.3 Å². The van der Waals surface area contributed by atoms with Crippen molar-refractivity contribution in [3.05, 3.63) is 34.2 Å². The number of allylic oxidation sites excluding steroid dienone is 4. The molecule has 13 heavy (non-hydrogen) atoms. The minimum Gasteiger partial charge on any atom is -0.265 e. The molecule has 0 fully saturated rings. The van der Waals surface area contributed by atoms with E-state index < -0.39 is 23.0 Å². The molecule has 72 valence electrons. The Hall–Kier alpha value is -1.26. The van der Waals surface area contributed by atoms with Gasteiger partial charge in [-0.05, 0) is 12.2 Å². The zero-order valence-electron chi connectivity index (χ0n) is 6.87. The molecule has 0 spiro atoms. The fourth-order valence-electron chi connectivity index (χ4n) is 1.15. The third kappa shape index (κ3) is 2.93. The number of alkyl halides is 1. The Morgan fingerprint density at radius 3 is 2.92 bits per heavy atom. The van der Waals surface area contributed by atoms with E-state index in [0.717, 1.165) is 6.08 Å². The second kappa shape index (κ2) is 3.64. The third-order valence-electron chi connectivity index (χ3n) is 1.78. The van der Waals surface area contributed by atoms with E-state index in [9.17, 15) is 18.9 Å². The topological polar surface area (TPSA) is 43.1 Å². The minimum atomic E-state index is -1.98. The van der Waals surface area contributed by atoms with Gasteiger partial charge in [-0.15, -0.1) is 0 Å². The van der Waals surface area contributed by atoms with Crippen LogP contribution in [0, 0.1) is 10.1 Å². The van der Waals surface area contributed by atoms with Crippen molar-refractivity contribution in [1.29, 1.82) is 0 Å². The summed E-state index contributed by atoms with van der Waals surface area (Å²) < 4.78 is 26.1. The fourth-order valence-corrected chi connectivity index (χ4v) is 1.15.